The summed E-state index contributed by atoms with van der Waals surface area (Å²) < 4.78 is 32.6. The van der Waals surface area contributed by atoms with Gasteiger partial charge in [0.05, 0.1) is 10.2 Å². The number of nitrogens with one attached hydrogen (secondary N) is 1. The average molecular weight is 487 g/mol. The molecule has 28 heavy (non-hydrogen) atoms. The van der Waals surface area contributed by atoms with Crippen molar-refractivity contribution < 1.29 is 22.5 Å². The zero-order valence-electron chi connectivity index (χ0n) is 14.8. The Hall–Kier alpha value is -2.31. The quantitative estimate of drug-likeness (QED) is 0.585. The Morgan fingerprint density at radius 2 is 2.07 bits per heavy atom. The van der Waals surface area contributed by atoms with E-state index in [0.29, 0.717) is 10.6 Å². The third-order valence-corrected chi connectivity index (χ3v) is 6.56. The minimum absolute atomic E-state index is 0.108. The summed E-state index contributed by atoms with van der Waals surface area (Å²) in [5.74, 6) is -2.79. The van der Waals surface area contributed by atoms with Crippen molar-refractivity contribution >= 4 is 65.0 Å². The highest BCUT2D eigenvalue weighted by Gasteiger charge is 2.21. The Bertz CT molecular complexity index is 1240. The molecule has 148 valence electrons. The number of benzene rings is 1. The lowest BCUT2D eigenvalue weighted by Crippen LogP contribution is -2.28. The molecule has 3 rings (SSSR count). The van der Waals surface area contributed by atoms with Crippen LogP contribution in [0, 0.1) is 6.92 Å². The van der Waals surface area contributed by atoms with Gasteiger partial charge in [-0.15, -0.1) is 0 Å². The summed E-state index contributed by atoms with van der Waals surface area (Å²) in [5.41, 5.74) is 0.866. The number of carbonyl (C=O) groups excluding carboxylic acids is 2. The Kier molecular flexibility index (Phi) is 5.82. The summed E-state index contributed by atoms with van der Waals surface area (Å²) in [7, 11) is -2.25. The minimum atomic E-state index is -3.99. The van der Waals surface area contributed by atoms with Gasteiger partial charge < -0.3 is 14.4 Å². The van der Waals surface area contributed by atoms with Crippen LogP contribution < -0.4 is 10.1 Å². The van der Waals surface area contributed by atoms with Gasteiger partial charge in [0.15, 0.2) is 20.5 Å². The molecule has 0 aliphatic rings. The van der Waals surface area contributed by atoms with Gasteiger partial charge in [0.25, 0.3) is 5.91 Å². The number of hydrogen-bond donors (Lipinski definition) is 1. The lowest BCUT2D eigenvalue weighted by molar-refractivity contribution is -0.115. The van der Waals surface area contributed by atoms with E-state index in [-0.39, 0.29) is 5.82 Å². The van der Waals surface area contributed by atoms with Gasteiger partial charge in [0.1, 0.15) is 17.3 Å². The second-order valence-corrected chi connectivity index (χ2v) is 9.95. The van der Waals surface area contributed by atoms with Crippen molar-refractivity contribution in [1.82, 2.24) is 9.72 Å². The van der Waals surface area contributed by atoms with E-state index in [1.807, 2.05) is 18.2 Å². The first kappa shape index (κ1) is 20.4. The minimum Gasteiger partial charge on any atom is -0.360 e. The van der Waals surface area contributed by atoms with Gasteiger partial charge in [0, 0.05) is 17.6 Å². The van der Waals surface area contributed by atoms with Crippen molar-refractivity contribution in [2.24, 2.45) is 12.0 Å². The number of aryl methyl sites for hydroxylation is 2. The van der Waals surface area contributed by atoms with Gasteiger partial charge >= 0.3 is 0 Å². The molecular formula is C16H15BrN4O5S2. The molecule has 0 aliphatic heterocycles. The Morgan fingerprint density at radius 3 is 2.75 bits per heavy atom. The van der Waals surface area contributed by atoms with Gasteiger partial charge in [-0.3, -0.25) is 9.59 Å². The highest BCUT2D eigenvalue weighted by Crippen LogP contribution is 2.21. The monoisotopic (exact) mass is 486 g/mol. The van der Waals surface area contributed by atoms with Crippen LogP contribution in [0.3, 0.4) is 0 Å². The van der Waals surface area contributed by atoms with Crippen LogP contribution in [-0.4, -0.2) is 41.5 Å². The molecule has 12 heteroatoms. The molecule has 2 heterocycles. The number of amides is 2. The van der Waals surface area contributed by atoms with Crippen molar-refractivity contribution in [3.63, 3.8) is 0 Å². The standard InChI is InChI=1S/C16H15BrN4O5S2/c1-9-5-13(20-26-9)18-14(22)7-28(24,25)8-15(23)19-16-21(2)11-4-3-10(17)6-12(11)27-16/h3-6H,7-8H2,1-2H3,(H,18,20,22). The number of fused-ring (bicyclic) bond motifs is 1. The molecule has 2 amide bonds. The van der Waals surface area contributed by atoms with Gasteiger partial charge in [-0.05, 0) is 25.1 Å². The second-order valence-electron chi connectivity index (χ2n) is 5.96. The normalized spacial score (nSPS) is 12.5. The fraction of sp³-hybridized carbons (Fsp3) is 0.250. The fourth-order valence-corrected chi connectivity index (χ4v) is 5.00. The van der Waals surface area contributed by atoms with Crippen LogP contribution in [0.4, 0.5) is 5.82 Å². The van der Waals surface area contributed by atoms with Gasteiger partial charge in [-0.1, -0.05) is 32.4 Å². The highest BCUT2D eigenvalue weighted by atomic mass is 79.9. The summed E-state index contributed by atoms with van der Waals surface area (Å²) in [4.78, 5) is 28.3. The molecule has 0 atom stereocenters. The Morgan fingerprint density at radius 1 is 1.32 bits per heavy atom. The van der Waals surface area contributed by atoms with E-state index in [4.69, 9.17) is 4.52 Å². The van der Waals surface area contributed by atoms with Crippen LogP contribution in [0.5, 0.6) is 0 Å². The largest absolute Gasteiger partial charge is 0.360 e. The third-order valence-electron chi connectivity index (χ3n) is 3.58. The smallest absolute Gasteiger partial charge is 0.263 e. The van der Waals surface area contributed by atoms with E-state index >= 15 is 0 Å². The average Bonchev–Trinajstić information content (AvgIpc) is 3.09. The van der Waals surface area contributed by atoms with E-state index in [2.05, 4.69) is 31.4 Å². The first-order chi connectivity index (χ1) is 13.1. The van der Waals surface area contributed by atoms with E-state index in [1.165, 1.54) is 17.4 Å². The first-order valence-corrected chi connectivity index (χ1v) is 11.3. The number of halogens is 1. The zero-order chi connectivity index (χ0) is 20.5. The summed E-state index contributed by atoms with van der Waals surface area (Å²) in [6, 6.07) is 7.06. The summed E-state index contributed by atoms with van der Waals surface area (Å²) >= 11 is 4.64. The first-order valence-electron chi connectivity index (χ1n) is 7.89. The maximum absolute atomic E-state index is 12.1. The molecule has 2 aromatic heterocycles. The second kappa shape index (κ2) is 7.97. The number of rotatable bonds is 5. The van der Waals surface area contributed by atoms with Crippen LogP contribution in [0.15, 0.2) is 38.3 Å². The fourth-order valence-electron chi connectivity index (χ4n) is 2.40. The molecule has 0 spiro atoms. The van der Waals surface area contributed by atoms with Crippen LogP contribution in [0.1, 0.15) is 5.76 Å². The molecule has 0 saturated heterocycles. The number of nitrogens with zero attached hydrogens (tertiary/aromatic N) is 3. The molecule has 0 radical (unpaired) electrons. The van der Waals surface area contributed by atoms with E-state index in [9.17, 15) is 18.0 Å². The number of aromatic nitrogens is 2. The highest BCUT2D eigenvalue weighted by molar-refractivity contribution is 9.10. The number of thiazole rings is 1. The van der Waals surface area contributed by atoms with E-state index < -0.39 is 33.2 Å². The number of sulfone groups is 1. The number of carbonyl (C=O) groups is 2. The van der Waals surface area contributed by atoms with Crippen LogP contribution in [-0.2, 0) is 26.5 Å². The lowest BCUT2D eigenvalue weighted by Gasteiger charge is -2.02. The lowest BCUT2D eigenvalue weighted by atomic mass is 10.3. The van der Waals surface area contributed by atoms with Crippen molar-refractivity contribution in [2.45, 2.75) is 6.92 Å². The number of hydrogen-bond acceptors (Lipinski definition) is 7. The van der Waals surface area contributed by atoms with Crippen LogP contribution >= 0.6 is 27.3 Å². The molecule has 0 fully saturated rings. The molecule has 0 aliphatic carbocycles. The van der Waals surface area contributed by atoms with Crippen molar-refractivity contribution in [3.05, 3.63) is 39.3 Å². The number of anilines is 1. The van der Waals surface area contributed by atoms with Crippen molar-refractivity contribution in [3.8, 4) is 0 Å². The molecule has 0 bridgehead atoms. The Labute approximate surface area is 172 Å². The van der Waals surface area contributed by atoms with E-state index in [1.54, 1.807) is 18.5 Å². The maximum atomic E-state index is 12.1. The maximum Gasteiger partial charge on any atom is 0.263 e. The van der Waals surface area contributed by atoms with E-state index in [0.717, 1.165) is 14.7 Å². The molecular weight excluding hydrogens is 472 g/mol. The summed E-state index contributed by atoms with van der Waals surface area (Å²) in [6.07, 6.45) is 0. The van der Waals surface area contributed by atoms with Crippen LogP contribution in [0.2, 0.25) is 0 Å². The van der Waals surface area contributed by atoms with Gasteiger partial charge in [-0.2, -0.15) is 4.99 Å². The SMILES string of the molecule is Cc1cc(NC(=O)CS(=O)(=O)CC(=O)N=c2sc3cc(Br)ccc3n2C)no1. The molecule has 9 nitrogen and oxygen atoms in total. The predicted octanol–water partition coefficient (Wildman–Crippen LogP) is 1.78. The van der Waals surface area contributed by atoms with Crippen molar-refractivity contribution in [1.29, 1.82) is 0 Å². The van der Waals surface area contributed by atoms with Crippen LogP contribution in [0.25, 0.3) is 10.2 Å². The summed E-state index contributed by atoms with van der Waals surface area (Å²) in [6.45, 7) is 1.63. The zero-order valence-corrected chi connectivity index (χ0v) is 18.0. The molecule has 1 aromatic carbocycles. The Balaban J connectivity index is 1.72. The molecule has 3 aromatic rings. The third kappa shape index (κ3) is 4.94. The summed E-state index contributed by atoms with van der Waals surface area (Å²) in [5, 5.41) is 5.85. The van der Waals surface area contributed by atoms with Gasteiger partial charge in [-0.25, -0.2) is 8.42 Å². The topological polar surface area (TPSA) is 124 Å². The van der Waals surface area contributed by atoms with Gasteiger partial charge in [0.2, 0.25) is 5.91 Å². The molecule has 0 saturated carbocycles. The molecule has 1 N–H and O–H groups in total. The predicted molar refractivity (Wildman–Crippen MR) is 108 cm³/mol. The molecule has 0 unspecified atom stereocenters. The van der Waals surface area contributed by atoms with Crippen molar-refractivity contribution in [2.75, 3.05) is 16.8 Å².